The molecular formula is C23H25N5O2S. The van der Waals surface area contributed by atoms with Gasteiger partial charge in [0, 0.05) is 24.1 Å². The van der Waals surface area contributed by atoms with Crippen molar-refractivity contribution in [1.82, 2.24) is 19.4 Å². The predicted molar refractivity (Wildman–Crippen MR) is 124 cm³/mol. The molecule has 31 heavy (non-hydrogen) atoms. The summed E-state index contributed by atoms with van der Waals surface area (Å²) in [6.45, 7) is 2.20. The number of hydrogen-bond donors (Lipinski definition) is 2. The van der Waals surface area contributed by atoms with Crippen LogP contribution in [0, 0.1) is 0 Å². The molecule has 2 unspecified atom stereocenters. The Labute approximate surface area is 185 Å². The quantitative estimate of drug-likeness (QED) is 0.411. The summed E-state index contributed by atoms with van der Waals surface area (Å²) in [5.74, 6) is -0.950. The molecule has 2 aromatic heterocycles. The van der Waals surface area contributed by atoms with Crippen molar-refractivity contribution in [1.29, 1.82) is 0 Å². The van der Waals surface area contributed by atoms with Crippen molar-refractivity contribution in [3.05, 3.63) is 72.3 Å². The molecule has 2 N–H and O–H groups in total. The van der Waals surface area contributed by atoms with Crippen molar-refractivity contribution in [3.63, 3.8) is 0 Å². The Bertz CT molecular complexity index is 1190. The van der Waals surface area contributed by atoms with Crippen molar-refractivity contribution in [2.75, 3.05) is 19.4 Å². The van der Waals surface area contributed by atoms with Crippen LogP contribution in [0.4, 0.5) is 10.8 Å². The van der Waals surface area contributed by atoms with Gasteiger partial charge in [-0.15, -0.1) is 0 Å². The number of thiazole rings is 1. The van der Waals surface area contributed by atoms with Gasteiger partial charge in [0.25, 0.3) is 0 Å². The molecule has 0 aliphatic heterocycles. The Kier molecular flexibility index (Phi) is 6.01. The van der Waals surface area contributed by atoms with Gasteiger partial charge in [-0.05, 0) is 56.4 Å². The van der Waals surface area contributed by atoms with Gasteiger partial charge in [-0.2, -0.15) is 0 Å². The van der Waals surface area contributed by atoms with Crippen LogP contribution in [0.3, 0.4) is 0 Å². The first-order valence-electron chi connectivity index (χ1n) is 10.1. The van der Waals surface area contributed by atoms with Gasteiger partial charge < -0.3 is 19.9 Å². The predicted octanol–water partition coefficient (Wildman–Crippen LogP) is 4.86. The summed E-state index contributed by atoms with van der Waals surface area (Å²) in [6, 6.07) is 13.6. The molecule has 0 bridgehead atoms. The largest absolute Gasteiger partial charge is 0.478 e. The van der Waals surface area contributed by atoms with Crippen LogP contribution >= 0.6 is 11.3 Å². The number of imidazole rings is 1. The Morgan fingerprint density at radius 2 is 2.10 bits per heavy atom. The van der Waals surface area contributed by atoms with Crippen LogP contribution in [0.15, 0.2) is 61.2 Å². The number of aromatic nitrogens is 3. The zero-order valence-electron chi connectivity index (χ0n) is 17.7. The van der Waals surface area contributed by atoms with Crippen LogP contribution in [0.2, 0.25) is 0 Å². The van der Waals surface area contributed by atoms with E-state index in [0.717, 1.165) is 21.8 Å². The second-order valence-corrected chi connectivity index (χ2v) is 8.68. The highest BCUT2D eigenvalue weighted by Crippen LogP contribution is 2.33. The molecule has 0 aliphatic rings. The number of likely N-dealkylation sites (N-methyl/N-ethyl adjacent to an activating group) is 1. The second-order valence-electron chi connectivity index (χ2n) is 7.65. The Morgan fingerprint density at radius 1 is 1.26 bits per heavy atom. The molecule has 0 radical (unpaired) electrons. The van der Waals surface area contributed by atoms with E-state index in [1.54, 1.807) is 29.5 Å². The zero-order valence-corrected chi connectivity index (χ0v) is 18.5. The molecule has 2 aromatic carbocycles. The van der Waals surface area contributed by atoms with Crippen LogP contribution in [0.1, 0.15) is 35.3 Å². The van der Waals surface area contributed by atoms with Gasteiger partial charge in [0.1, 0.15) is 0 Å². The SMILES string of the molecule is CCC(C(c1ccc2nc(Nc3cccc(C(=O)O)c3)sc2c1)n1ccnc1)N(C)C. The van der Waals surface area contributed by atoms with Gasteiger partial charge in [-0.25, -0.2) is 14.8 Å². The third-order valence-electron chi connectivity index (χ3n) is 5.41. The molecule has 2 atom stereocenters. The first kappa shape index (κ1) is 21.0. The van der Waals surface area contributed by atoms with E-state index in [9.17, 15) is 9.90 Å². The van der Waals surface area contributed by atoms with E-state index < -0.39 is 5.97 Å². The van der Waals surface area contributed by atoms with Crippen molar-refractivity contribution in [2.24, 2.45) is 0 Å². The summed E-state index contributed by atoms with van der Waals surface area (Å²) in [6.07, 6.45) is 6.70. The van der Waals surface area contributed by atoms with E-state index in [2.05, 4.69) is 57.9 Å². The molecule has 4 aromatic rings. The smallest absolute Gasteiger partial charge is 0.335 e. The van der Waals surface area contributed by atoms with E-state index in [-0.39, 0.29) is 11.6 Å². The van der Waals surface area contributed by atoms with Crippen LogP contribution in [0.25, 0.3) is 10.2 Å². The maximum absolute atomic E-state index is 11.2. The fraction of sp³-hybridized carbons (Fsp3) is 0.261. The lowest BCUT2D eigenvalue weighted by molar-refractivity contribution is 0.0697. The summed E-state index contributed by atoms with van der Waals surface area (Å²) in [5, 5.41) is 13.2. The normalized spacial score (nSPS) is 13.4. The van der Waals surface area contributed by atoms with Gasteiger partial charge in [0.05, 0.1) is 28.1 Å². The second kappa shape index (κ2) is 8.87. The number of aromatic carboxylic acids is 1. The molecule has 4 rings (SSSR count). The molecule has 0 saturated carbocycles. The average Bonchev–Trinajstić information content (AvgIpc) is 3.40. The maximum atomic E-state index is 11.2. The third-order valence-corrected chi connectivity index (χ3v) is 6.34. The number of carboxylic acid groups (broad SMARTS) is 1. The number of fused-ring (bicyclic) bond motifs is 1. The average molecular weight is 436 g/mol. The summed E-state index contributed by atoms with van der Waals surface area (Å²) in [4.78, 5) is 22.4. The number of hydrogen-bond acceptors (Lipinski definition) is 6. The lowest BCUT2D eigenvalue weighted by Crippen LogP contribution is -2.36. The Hall–Kier alpha value is -3.23. The summed E-state index contributed by atoms with van der Waals surface area (Å²) >= 11 is 1.55. The topological polar surface area (TPSA) is 83.3 Å². The minimum atomic E-state index is -0.950. The van der Waals surface area contributed by atoms with Crippen molar-refractivity contribution in [3.8, 4) is 0 Å². The van der Waals surface area contributed by atoms with Gasteiger partial charge in [0.15, 0.2) is 5.13 Å². The summed E-state index contributed by atoms with van der Waals surface area (Å²) in [7, 11) is 4.22. The van der Waals surface area contributed by atoms with Crippen molar-refractivity contribution >= 4 is 38.3 Å². The number of rotatable bonds is 8. The summed E-state index contributed by atoms with van der Waals surface area (Å²) < 4.78 is 3.24. The summed E-state index contributed by atoms with van der Waals surface area (Å²) in [5.41, 5.74) is 3.06. The van der Waals surface area contributed by atoms with Gasteiger partial charge >= 0.3 is 5.97 Å². The Balaban J connectivity index is 1.68. The van der Waals surface area contributed by atoms with E-state index in [0.29, 0.717) is 11.7 Å². The molecule has 7 nitrogen and oxygen atoms in total. The van der Waals surface area contributed by atoms with Gasteiger partial charge in [-0.3, -0.25) is 0 Å². The molecular weight excluding hydrogens is 410 g/mol. The minimum Gasteiger partial charge on any atom is -0.478 e. The van der Waals surface area contributed by atoms with E-state index in [1.165, 1.54) is 5.56 Å². The van der Waals surface area contributed by atoms with Crippen LogP contribution in [-0.4, -0.2) is 50.6 Å². The standard InChI is InChI=1S/C23H25N5O2S/c1-4-19(27(2)3)21(28-11-10-24-14-28)15-8-9-18-20(13-15)31-23(26-18)25-17-7-5-6-16(12-17)22(29)30/h5-14,19,21H,4H2,1-3H3,(H,25,26)(H,29,30). The molecule has 0 amide bonds. The molecule has 8 heteroatoms. The first-order chi connectivity index (χ1) is 15.0. The molecule has 0 saturated heterocycles. The lowest BCUT2D eigenvalue weighted by Gasteiger charge is -2.33. The van der Waals surface area contributed by atoms with Crippen LogP contribution in [-0.2, 0) is 0 Å². The van der Waals surface area contributed by atoms with E-state index >= 15 is 0 Å². The number of benzene rings is 2. The van der Waals surface area contributed by atoms with Crippen molar-refractivity contribution in [2.45, 2.75) is 25.4 Å². The molecule has 0 spiro atoms. The highest BCUT2D eigenvalue weighted by Gasteiger charge is 2.25. The number of anilines is 2. The fourth-order valence-electron chi connectivity index (χ4n) is 3.93. The number of carbonyl (C=O) groups is 1. The maximum Gasteiger partial charge on any atom is 0.335 e. The fourth-order valence-corrected chi connectivity index (χ4v) is 4.86. The first-order valence-corrected chi connectivity index (χ1v) is 10.9. The molecule has 160 valence electrons. The van der Waals surface area contributed by atoms with Crippen molar-refractivity contribution < 1.29 is 9.90 Å². The lowest BCUT2D eigenvalue weighted by atomic mass is 9.96. The monoisotopic (exact) mass is 435 g/mol. The Morgan fingerprint density at radius 3 is 2.77 bits per heavy atom. The number of nitrogens with one attached hydrogen (secondary N) is 1. The minimum absolute atomic E-state index is 0.137. The third kappa shape index (κ3) is 4.45. The number of carboxylic acids is 1. The highest BCUT2D eigenvalue weighted by atomic mass is 32.1. The molecule has 0 fully saturated rings. The van der Waals surface area contributed by atoms with Crippen LogP contribution < -0.4 is 5.32 Å². The van der Waals surface area contributed by atoms with Gasteiger partial charge in [0.2, 0.25) is 0 Å². The van der Waals surface area contributed by atoms with Crippen LogP contribution in [0.5, 0.6) is 0 Å². The van der Waals surface area contributed by atoms with Gasteiger partial charge in [-0.1, -0.05) is 30.4 Å². The molecule has 0 aliphatic carbocycles. The van der Waals surface area contributed by atoms with E-state index in [4.69, 9.17) is 0 Å². The zero-order chi connectivity index (χ0) is 22.0. The van der Waals surface area contributed by atoms with E-state index in [1.807, 2.05) is 30.9 Å². The highest BCUT2D eigenvalue weighted by molar-refractivity contribution is 7.22. The molecule has 2 heterocycles. The number of nitrogens with zero attached hydrogens (tertiary/aromatic N) is 4.